The molecule has 3 N–H and O–H groups in total. The van der Waals surface area contributed by atoms with Crippen LogP contribution in [-0.2, 0) is 19.1 Å². The van der Waals surface area contributed by atoms with E-state index in [-0.39, 0.29) is 43.0 Å². The van der Waals surface area contributed by atoms with E-state index in [2.05, 4.69) is 16.0 Å². The number of urea groups is 1. The highest BCUT2D eigenvalue weighted by Gasteiger charge is 2.24. The van der Waals surface area contributed by atoms with Crippen LogP contribution in [0.25, 0.3) is 0 Å². The molecule has 0 radical (unpaired) electrons. The van der Waals surface area contributed by atoms with Gasteiger partial charge in [-0.05, 0) is 31.2 Å². The molecule has 1 aromatic carbocycles. The van der Waals surface area contributed by atoms with Crippen molar-refractivity contribution in [3.63, 3.8) is 0 Å². The molecule has 0 unspecified atom stereocenters. The van der Waals surface area contributed by atoms with Crippen LogP contribution in [0, 0.1) is 11.3 Å². The lowest BCUT2D eigenvalue weighted by atomic mass is 10.1. The van der Waals surface area contributed by atoms with Gasteiger partial charge < -0.3 is 25.4 Å². The standard InChI is InChI=1S/C18H18N4O6/c1-2-27-17(25)13-9-20-18(26)22-14(13)10-28-16(24)11-3-5-12(6-4-11)21-15(23)7-8-19/h3-6H,2,7,9-10H2,1H3,(H,21,23)(H2,20,22,26). The van der Waals surface area contributed by atoms with Crippen molar-refractivity contribution in [2.45, 2.75) is 13.3 Å². The summed E-state index contributed by atoms with van der Waals surface area (Å²) in [5.41, 5.74) is 0.951. The Morgan fingerprint density at radius 2 is 1.89 bits per heavy atom. The van der Waals surface area contributed by atoms with Crippen molar-refractivity contribution in [1.29, 1.82) is 5.26 Å². The zero-order valence-electron chi connectivity index (χ0n) is 15.0. The maximum atomic E-state index is 12.2. The summed E-state index contributed by atoms with van der Waals surface area (Å²) in [6.45, 7) is 1.47. The highest BCUT2D eigenvalue weighted by Crippen LogP contribution is 2.13. The molecule has 3 amide bonds. The van der Waals surface area contributed by atoms with Crippen LogP contribution in [0.4, 0.5) is 10.5 Å². The molecule has 2 rings (SSSR count). The molecular formula is C18H18N4O6. The van der Waals surface area contributed by atoms with Crippen molar-refractivity contribution in [3.05, 3.63) is 41.1 Å². The summed E-state index contributed by atoms with van der Waals surface area (Å²) in [6.07, 6.45) is -0.276. The first-order chi connectivity index (χ1) is 13.4. The Hall–Kier alpha value is -3.87. The summed E-state index contributed by atoms with van der Waals surface area (Å²) in [6, 6.07) is 7.06. The molecule has 0 aromatic heterocycles. The Kier molecular flexibility index (Phi) is 7.10. The molecule has 0 saturated carbocycles. The smallest absolute Gasteiger partial charge is 0.338 e. The minimum atomic E-state index is -0.682. The maximum absolute atomic E-state index is 12.2. The Morgan fingerprint density at radius 3 is 2.54 bits per heavy atom. The summed E-state index contributed by atoms with van der Waals surface area (Å²) < 4.78 is 10.1. The Bertz CT molecular complexity index is 854. The second kappa shape index (κ2) is 9.72. The van der Waals surface area contributed by atoms with Crippen LogP contribution < -0.4 is 16.0 Å². The molecule has 0 atom stereocenters. The Morgan fingerprint density at radius 1 is 1.18 bits per heavy atom. The van der Waals surface area contributed by atoms with E-state index in [0.717, 1.165) is 0 Å². The summed E-state index contributed by atoms with van der Waals surface area (Å²) in [5, 5.41) is 15.8. The predicted octanol–water partition coefficient (Wildman–Crippen LogP) is 0.826. The summed E-state index contributed by atoms with van der Waals surface area (Å²) >= 11 is 0. The Labute approximate surface area is 160 Å². The summed E-state index contributed by atoms with van der Waals surface area (Å²) in [7, 11) is 0. The van der Waals surface area contributed by atoms with Gasteiger partial charge in [0, 0.05) is 5.69 Å². The second-order valence-electron chi connectivity index (χ2n) is 5.52. The first-order valence-corrected chi connectivity index (χ1v) is 8.32. The second-order valence-corrected chi connectivity index (χ2v) is 5.52. The minimum absolute atomic E-state index is 0.0331. The number of anilines is 1. The fraction of sp³-hybridized carbons (Fsp3) is 0.278. The number of nitrogens with one attached hydrogen (secondary N) is 3. The lowest BCUT2D eigenvalue weighted by Crippen LogP contribution is -2.45. The van der Waals surface area contributed by atoms with Gasteiger partial charge in [0.1, 0.15) is 13.0 Å². The molecule has 146 valence electrons. The number of ether oxygens (including phenoxy) is 2. The molecule has 1 heterocycles. The average molecular weight is 386 g/mol. The summed E-state index contributed by atoms with van der Waals surface area (Å²) in [5.74, 6) is -1.75. The fourth-order valence-electron chi connectivity index (χ4n) is 2.26. The molecule has 0 aliphatic carbocycles. The number of benzene rings is 1. The SMILES string of the molecule is CCOC(=O)C1=C(COC(=O)c2ccc(NC(=O)CC#N)cc2)NC(=O)NC1. The van der Waals surface area contributed by atoms with Crippen molar-refractivity contribution >= 4 is 29.6 Å². The molecule has 1 aliphatic heterocycles. The molecule has 1 aliphatic rings. The fourth-order valence-corrected chi connectivity index (χ4v) is 2.26. The van der Waals surface area contributed by atoms with Crippen LogP contribution in [-0.4, -0.2) is 43.6 Å². The van der Waals surface area contributed by atoms with Crippen LogP contribution in [0.2, 0.25) is 0 Å². The van der Waals surface area contributed by atoms with Crippen molar-refractivity contribution < 1.29 is 28.7 Å². The molecule has 0 bridgehead atoms. The van der Waals surface area contributed by atoms with E-state index in [0.29, 0.717) is 5.69 Å². The summed E-state index contributed by atoms with van der Waals surface area (Å²) in [4.78, 5) is 47.0. The molecular weight excluding hydrogens is 368 g/mol. The van der Waals surface area contributed by atoms with Gasteiger partial charge in [0.25, 0.3) is 0 Å². The van der Waals surface area contributed by atoms with E-state index in [1.54, 1.807) is 13.0 Å². The van der Waals surface area contributed by atoms with E-state index in [9.17, 15) is 19.2 Å². The topological polar surface area (TPSA) is 147 Å². The van der Waals surface area contributed by atoms with Gasteiger partial charge >= 0.3 is 18.0 Å². The van der Waals surface area contributed by atoms with E-state index in [1.165, 1.54) is 24.3 Å². The van der Waals surface area contributed by atoms with Gasteiger partial charge in [-0.1, -0.05) is 0 Å². The minimum Gasteiger partial charge on any atom is -0.463 e. The highest BCUT2D eigenvalue weighted by molar-refractivity contribution is 5.95. The largest absolute Gasteiger partial charge is 0.463 e. The van der Waals surface area contributed by atoms with Crippen LogP contribution in [0.5, 0.6) is 0 Å². The van der Waals surface area contributed by atoms with Crippen molar-refractivity contribution in [2.75, 3.05) is 25.1 Å². The first-order valence-electron chi connectivity index (χ1n) is 8.32. The number of carbonyl (C=O) groups excluding carboxylic acids is 4. The zero-order valence-corrected chi connectivity index (χ0v) is 15.0. The van der Waals surface area contributed by atoms with Gasteiger partial charge in [-0.25, -0.2) is 14.4 Å². The number of hydrogen-bond acceptors (Lipinski definition) is 7. The van der Waals surface area contributed by atoms with Crippen molar-refractivity contribution in [2.24, 2.45) is 0 Å². The number of carbonyl (C=O) groups is 4. The third kappa shape index (κ3) is 5.57. The van der Waals surface area contributed by atoms with Gasteiger partial charge in [-0.3, -0.25) is 4.79 Å². The number of amides is 3. The highest BCUT2D eigenvalue weighted by atomic mass is 16.5. The van der Waals surface area contributed by atoms with E-state index < -0.39 is 23.9 Å². The number of hydrogen-bond donors (Lipinski definition) is 3. The zero-order chi connectivity index (χ0) is 20.5. The van der Waals surface area contributed by atoms with Crippen LogP contribution in [0.3, 0.4) is 0 Å². The number of rotatable bonds is 7. The quantitative estimate of drug-likeness (QED) is 0.588. The van der Waals surface area contributed by atoms with Gasteiger partial charge in [0.05, 0.1) is 36.1 Å². The predicted molar refractivity (Wildman–Crippen MR) is 95.8 cm³/mol. The third-order valence-electron chi connectivity index (χ3n) is 3.57. The lowest BCUT2D eigenvalue weighted by Gasteiger charge is -2.21. The third-order valence-corrected chi connectivity index (χ3v) is 3.57. The first kappa shape index (κ1) is 20.4. The maximum Gasteiger partial charge on any atom is 0.338 e. The van der Waals surface area contributed by atoms with Gasteiger partial charge in [0.2, 0.25) is 5.91 Å². The monoisotopic (exact) mass is 386 g/mol. The number of nitrogens with zero attached hydrogens (tertiary/aromatic N) is 1. The molecule has 28 heavy (non-hydrogen) atoms. The van der Waals surface area contributed by atoms with Crippen LogP contribution in [0.1, 0.15) is 23.7 Å². The van der Waals surface area contributed by atoms with E-state index in [4.69, 9.17) is 14.7 Å². The van der Waals surface area contributed by atoms with Crippen molar-refractivity contribution in [3.8, 4) is 6.07 Å². The van der Waals surface area contributed by atoms with Gasteiger partial charge in [0.15, 0.2) is 0 Å². The lowest BCUT2D eigenvalue weighted by molar-refractivity contribution is -0.138. The van der Waals surface area contributed by atoms with E-state index >= 15 is 0 Å². The molecule has 0 fully saturated rings. The molecule has 0 saturated heterocycles. The van der Waals surface area contributed by atoms with Crippen molar-refractivity contribution in [1.82, 2.24) is 10.6 Å². The number of esters is 2. The van der Waals surface area contributed by atoms with E-state index in [1.807, 2.05) is 0 Å². The molecule has 10 nitrogen and oxygen atoms in total. The molecule has 1 aromatic rings. The molecule has 10 heteroatoms. The van der Waals surface area contributed by atoms with Crippen LogP contribution in [0.15, 0.2) is 35.5 Å². The van der Waals surface area contributed by atoms with Gasteiger partial charge in [-0.2, -0.15) is 5.26 Å². The Balaban J connectivity index is 2.01. The normalized spacial score (nSPS) is 12.9. The van der Waals surface area contributed by atoms with Crippen LogP contribution >= 0.6 is 0 Å². The number of nitriles is 1. The molecule has 0 spiro atoms. The average Bonchev–Trinajstić information content (AvgIpc) is 2.67. The van der Waals surface area contributed by atoms with Gasteiger partial charge in [-0.15, -0.1) is 0 Å².